The lowest BCUT2D eigenvalue weighted by molar-refractivity contribution is -0.219. The standard InChI is InChI=1S/C30H44N6O8.C23H32N2O3.C8H14N4O5/c1-3-4-14-31-28(42)25(19-10-6-5-7-11-19)35(29(43)21-12-8-9-13-22(21)39)15-20-16-36(34-33-20)30-24(32-18(2)38)27(41)26(40)23(17-37)44-30;1-4-6-16-24-22(26)21(18-12-8-7-9-13-18)25(17-5-2)23(27)19-14-10-11-15-20(19)28-3;1-3(14)10-5-7(16)6(15)4(2-13)17-8(5)11-12-9/h8-9,12-13,16,19,23-27,30,37,39-41H,3-7,10-11,14-15,17H2,1-2H3,(H,31,42)(H,32,38);2,10-11,14-15,18,21H,4,6-9,12-13,16-17H2,1,3H3,(H,24,26);4-8,13,15-16H,2H2,1H3,(H,10,14). The number of rotatable bonds is 24. The van der Waals surface area contributed by atoms with Gasteiger partial charge in [0.2, 0.25) is 23.6 Å². The minimum atomic E-state index is -1.48. The highest BCUT2D eigenvalue weighted by Crippen LogP contribution is 2.35. The van der Waals surface area contributed by atoms with Gasteiger partial charge in [0.15, 0.2) is 12.5 Å². The fourth-order valence-corrected chi connectivity index (χ4v) is 11.6. The molecule has 490 valence electrons. The first-order valence-electron chi connectivity index (χ1n) is 30.6. The van der Waals surface area contributed by atoms with E-state index in [1.807, 2.05) is 13.0 Å². The number of unbranched alkanes of at least 4 members (excludes halogenated alkanes) is 2. The SMILES string of the molecule is C#CCN(C(=O)c1ccccc1OC)C(C(=O)NCCCC)C1CCCCC1.CC(=O)NC1C(N=[N+]=[N-])OC(CO)C(O)C1O.CCCCNC(=O)C(C1CCCCC1)N(Cc1cn(C2OC(CO)C(O)C(O)C2NC(C)=O)nn1)C(=O)c1ccccc1O. The van der Waals surface area contributed by atoms with Gasteiger partial charge >= 0.3 is 0 Å². The van der Waals surface area contributed by atoms with Crippen LogP contribution in [0.3, 0.4) is 0 Å². The van der Waals surface area contributed by atoms with Gasteiger partial charge in [-0.15, -0.1) is 11.5 Å². The second-order valence-electron chi connectivity index (χ2n) is 22.6. The molecule has 0 radical (unpaired) electrons. The molecule has 89 heavy (non-hydrogen) atoms. The summed E-state index contributed by atoms with van der Waals surface area (Å²) in [5.41, 5.74) is 9.10. The molecule has 4 fully saturated rings. The lowest BCUT2D eigenvalue weighted by atomic mass is 9.82. The second kappa shape index (κ2) is 36.9. The summed E-state index contributed by atoms with van der Waals surface area (Å²) in [6, 6.07) is 9.68. The number of azide groups is 1. The van der Waals surface area contributed by atoms with Crippen molar-refractivity contribution in [1.29, 1.82) is 0 Å². The Labute approximate surface area is 518 Å². The van der Waals surface area contributed by atoms with E-state index in [2.05, 4.69) is 54.4 Å². The average molecular weight is 1250 g/mol. The number of phenols is 1. The van der Waals surface area contributed by atoms with Crippen LogP contribution in [0.15, 0.2) is 59.8 Å². The number of nitrogens with one attached hydrogen (secondary N) is 4. The van der Waals surface area contributed by atoms with Crippen molar-refractivity contribution < 1.29 is 78.7 Å². The van der Waals surface area contributed by atoms with Crippen LogP contribution >= 0.6 is 0 Å². The largest absolute Gasteiger partial charge is 0.507 e. The van der Waals surface area contributed by atoms with Gasteiger partial charge in [-0.2, -0.15) is 0 Å². The van der Waals surface area contributed by atoms with E-state index in [4.69, 9.17) is 31.3 Å². The molecule has 2 saturated heterocycles. The molecule has 12 atom stereocenters. The zero-order valence-corrected chi connectivity index (χ0v) is 51.4. The van der Waals surface area contributed by atoms with Crippen LogP contribution < -0.4 is 26.0 Å². The lowest BCUT2D eigenvalue weighted by Gasteiger charge is -2.42. The van der Waals surface area contributed by atoms with Gasteiger partial charge in [0.05, 0.1) is 56.8 Å². The van der Waals surface area contributed by atoms with E-state index >= 15 is 0 Å². The first-order valence-corrected chi connectivity index (χ1v) is 30.6. The molecule has 28 heteroatoms. The Hall–Kier alpha value is -7.45. The maximum absolute atomic E-state index is 14.1. The van der Waals surface area contributed by atoms with Crippen LogP contribution in [0.2, 0.25) is 0 Å². The molecule has 28 nitrogen and oxygen atoms in total. The number of aliphatic hydroxyl groups is 6. The molecular formula is C61H90N12O16. The van der Waals surface area contributed by atoms with Crippen LogP contribution in [0.4, 0.5) is 0 Å². The van der Waals surface area contributed by atoms with Gasteiger partial charge < -0.3 is 81.0 Å². The Bertz CT molecular complexity index is 2840. The van der Waals surface area contributed by atoms with E-state index in [1.165, 1.54) is 55.3 Å². The second-order valence-corrected chi connectivity index (χ2v) is 22.6. The molecule has 4 aliphatic rings. The molecule has 3 heterocycles. The zero-order chi connectivity index (χ0) is 65.2. The van der Waals surface area contributed by atoms with E-state index in [-0.39, 0.29) is 59.7 Å². The van der Waals surface area contributed by atoms with Crippen LogP contribution in [0.5, 0.6) is 11.5 Å². The summed E-state index contributed by atoms with van der Waals surface area (Å²) in [4.78, 5) is 82.7. The summed E-state index contributed by atoms with van der Waals surface area (Å²) in [6.45, 7) is 6.48. The third kappa shape index (κ3) is 20.0. The summed E-state index contributed by atoms with van der Waals surface area (Å²) in [7, 11) is 1.54. The Morgan fingerprint density at radius 1 is 0.742 bits per heavy atom. The Morgan fingerprint density at radius 2 is 1.24 bits per heavy atom. The van der Waals surface area contributed by atoms with Gasteiger partial charge in [0.25, 0.3) is 11.8 Å². The Balaban J connectivity index is 0.000000272. The number of ether oxygens (including phenoxy) is 3. The third-order valence-corrected chi connectivity index (χ3v) is 16.2. The van der Waals surface area contributed by atoms with Crippen LogP contribution in [0, 0.1) is 24.2 Å². The van der Waals surface area contributed by atoms with Gasteiger partial charge in [0.1, 0.15) is 71.9 Å². The summed E-state index contributed by atoms with van der Waals surface area (Å²) < 4.78 is 17.5. The van der Waals surface area contributed by atoms with Crippen LogP contribution in [0.1, 0.15) is 150 Å². The Morgan fingerprint density at radius 3 is 1.74 bits per heavy atom. The van der Waals surface area contributed by atoms with Crippen molar-refractivity contribution >= 4 is 35.4 Å². The molecule has 3 aromatic rings. The van der Waals surface area contributed by atoms with Gasteiger partial charge in [-0.3, -0.25) is 28.8 Å². The third-order valence-electron chi connectivity index (χ3n) is 16.2. The zero-order valence-electron chi connectivity index (χ0n) is 51.4. The van der Waals surface area contributed by atoms with Gasteiger partial charge in [-0.25, -0.2) is 4.68 Å². The highest BCUT2D eigenvalue weighted by Gasteiger charge is 2.47. The molecule has 2 aromatic carbocycles. The molecule has 1 aromatic heterocycles. The average Bonchev–Trinajstić information content (AvgIpc) is 2.36. The summed E-state index contributed by atoms with van der Waals surface area (Å²) >= 11 is 0. The first-order chi connectivity index (χ1) is 42.8. The molecule has 2 aliphatic heterocycles. The fraction of sp³-hybridized carbons (Fsp3) is 0.639. The highest BCUT2D eigenvalue weighted by molar-refractivity contribution is 6.00. The number of aromatic hydroxyl groups is 1. The number of carbonyl (C=O) groups excluding carboxylic acids is 6. The van der Waals surface area contributed by atoms with Crippen molar-refractivity contribution in [3.05, 3.63) is 82.0 Å². The molecule has 7 rings (SSSR count). The number of aliphatic hydroxyl groups excluding tert-OH is 6. The fourth-order valence-electron chi connectivity index (χ4n) is 11.6. The molecule has 0 spiro atoms. The number of nitrogens with zero attached hydrogens (tertiary/aromatic N) is 8. The summed E-state index contributed by atoms with van der Waals surface area (Å²) in [5.74, 6) is 0.763. The van der Waals surface area contributed by atoms with E-state index < -0.39 is 104 Å². The number of hydrogen-bond donors (Lipinski definition) is 11. The smallest absolute Gasteiger partial charge is 0.259 e. The summed E-state index contributed by atoms with van der Waals surface area (Å²) in [6.07, 6.45) is 10.1. The number of aromatic nitrogens is 3. The van der Waals surface area contributed by atoms with Crippen LogP contribution in [0.25, 0.3) is 10.4 Å². The molecule has 0 bridgehead atoms. The van der Waals surface area contributed by atoms with Crippen LogP contribution in [-0.2, 0) is 35.2 Å². The number of benzene rings is 2. The number of amides is 6. The summed E-state index contributed by atoms with van der Waals surface area (Å²) in [5, 5.41) is 92.2. The van der Waals surface area contributed by atoms with Gasteiger partial charge in [-0.05, 0) is 80.2 Å². The lowest BCUT2D eigenvalue weighted by Crippen LogP contribution is -2.63. The van der Waals surface area contributed by atoms with Crippen LogP contribution in [-0.4, -0.2) is 203 Å². The van der Waals surface area contributed by atoms with Crippen molar-refractivity contribution in [3.8, 4) is 23.8 Å². The van der Waals surface area contributed by atoms with Crippen molar-refractivity contribution in [1.82, 2.24) is 46.1 Å². The number of para-hydroxylation sites is 2. The minimum absolute atomic E-state index is 0.0475. The van der Waals surface area contributed by atoms with Crippen molar-refractivity contribution in [3.63, 3.8) is 0 Å². The van der Waals surface area contributed by atoms with Gasteiger partial charge in [0, 0.05) is 31.8 Å². The maximum atomic E-state index is 14.1. The number of hydrogen-bond acceptors (Lipinski definition) is 19. The van der Waals surface area contributed by atoms with E-state index in [1.54, 1.807) is 35.2 Å². The quantitative estimate of drug-likeness (QED) is 0.0202. The van der Waals surface area contributed by atoms with E-state index in [0.717, 1.165) is 83.5 Å². The van der Waals surface area contributed by atoms with Crippen molar-refractivity contribution in [2.24, 2.45) is 17.0 Å². The van der Waals surface area contributed by atoms with Crippen molar-refractivity contribution in [2.75, 3.05) is 40.0 Å². The van der Waals surface area contributed by atoms with E-state index in [0.29, 0.717) is 24.4 Å². The Kier molecular flexibility index (Phi) is 30.0. The number of methoxy groups -OCH3 is 1. The molecule has 2 aliphatic carbocycles. The van der Waals surface area contributed by atoms with E-state index in [9.17, 15) is 59.4 Å². The number of phenolic OH excluding ortho intramolecular Hbond substituents is 1. The molecule has 6 amide bonds. The minimum Gasteiger partial charge on any atom is -0.507 e. The molecular weight excluding hydrogens is 1160 g/mol. The number of carbonyl (C=O) groups is 6. The molecule has 2 saturated carbocycles. The normalized spacial score (nSPS) is 24.2. The maximum Gasteiger partial charge on any atom is 0.259 e. The predicted octanol–water partition coefficient (Wildman–Crippen LogP) is 2.48. The highest BCUT2D eigenvalue weighted by atomic mass is 16.5. The van der Waals surface area contributed by atoms with Gasteiger partial charge in [-0.1, -0.05) is 106 Å². The topological polar surface area (TPSA) is 406 Å². The predicted molar refractivity (Wildman–Crippen MR) is 323 cm³/mol. The first kappa shape index (κ1) is 72.3. The number of terminal acetylenes is 1. The molecule has 12 unspecified atom stereocenters. The molecule has 11 N–H and O–H groups in total. The monoisotopic (exact) mass is 1250 g/mol. The van der Waals surface area contributed by atoms with Crippen molar-refractivity contribution in [2.45, 2.75) is 197 Å².